The third-order valence-corrected chi connectivity index (χ3v) is 4.56. The smallest absolute Gasteiger partial charge is 0.251 e. The van der Waals surface area contributed by atoms with Crippen LogP contribution in [0.25, 0.3) is 22.2 Å². The summed E-state index contributed by atoms with van der Waals surface area (Å²) >= 11 is 0. The molecule has 0 fully saturated rings. The number of aromatic amines is 1. The zero-order chi connectivity index (χ0) is 19.5. The fraction of sp³-hybridized carbons (Fsp3) is 0.0909. The highest BCUT2D eigenvalue weighted by atomic mass is 19.1. The van der Waals surface area contributed by atoms with Crippen molar-refractivity contribution in [3.05, 3.63) is 89.7 Å². The van der Waals surface area contributed by atoms with Crippen molar-refractivity contribution in [3.8, 4) is 11.3 Å². The number of fused-ring (bicyclic) bond motifs is 1. The molecule has 0 aliphatic carbocycles. The Balaban J connectivity index is 1.55. The molecule has 4 aromatic rings. The second-order valence-corrected chi connectivity index (χ2v) is 6.48. The van der Waals surface area contributed by atoms with Gasteiger partial charge in [0.15, 0.2) is 0 Å². The van der Waals surface area contributed by atoms with Crippen LogP contribution in [0.4, 0.5) is 4.39 Å². The summed E-state index contributed by atoms with van der Waals surface area (Å²) in [6, 6.07) is 20.5. The molecule has 1 unspecified atom stereocenters. The molecule has 4 rings (SSSR count). The first-order valence-electron chi connectivity index (χ1n) is 8.87. The van der Waals surface area contributed by atoms with Crippen molar-refractivity contribution >= 4 is 16.8 Å². The van der Waals surface area contributed by atoms with Crippen molar-refractivity contribution in [2.24, 2.45) is 0 Å². The van der Waals surface area contributed by atoms with E-state index in [1.54, 1.807) is 42.5 Å². The van der Waals surface area contributed by atoms with Crippen molar-refractivity contribution in [1.82, 2.24) is 15.5 Å². The molecule has 5 nitrogen and oxygen atoms in total. The SMILES string of the molecule is O=C(NCC(O)c1ccccc1)c1ccc2[nH]nc(-c3cccc(F)c3)c2c1. The van der Waals surface area contributed by atoms with E-state index in [1.807, 2.05) is 18.2 Å². The molecule has 0 radical (unpaired) electrons. The summed E-state index contributed by atoms with van der Waals surface area (Å²) in [5, 5.41) is 20.8. The first kappa shape index (κ1) is 17.9. The van der Waals surface area contributed by atoms with E-state index in [0.29, 0.717) is 16.8 Å². The normalized spacial score (nSPS) is 12.1. The quantitative estimate of drug-likeness (QED) is 0.496. The number of hydrogen-bond acceptors (Lipinski definition) is 3. The van der Waals surface area contributed by atoms with Crippen molar-refractivity contribution in [1.29, 1.82) is 0 Å². The summed E-state index contributed by atoms with van der Waals surface area (Å²) in [7, 11) is 0. The molecule has 0 spiro atoms. The van der Waals surface area contributed by atoms with Crippen LogP contribution in [-0.2, 0) is 0 Å². The molecule has 1 amide bonds. The number of amides is 1. The van der Waals surface area contributed by atoms with Crippen LogP contribution in [0.15, 0.2) is 72.8 Å². The van der Waals surface area contributed by atoms with Gasteiger partial charge in [-0.05, 0) is 35.9 Å². The summed E-state index contributed by atoms with van der Waals surface area (Å²) in [4.78, 5) is 12.5. The van der Waals surface area contributed by atoms with Crippen LogP contribution in [-0.4, -0.2) is 27.8 Å². The lowest BCUT2D eigenvalue weighted by Crippen LogP contribution is -2.28. The van der Waals surface area contributed by atoms with E-state index in [4.69, 9.17) is 0 Å². The van der Waals surface area contributed by atoms with Gasteiger partial charge in [0.1, 0.15) is 11.5 Å². The predicted molar refractivity (Wildman–Crippen MR) is 105 cm³/mol. The van der Waals surface area contributed by atoms with Crippen LogP contribution in [0.1, 0.15) is 22.0 Å². The largest absolute Gasteiger partial charge is 0.387 e. The molecule has 6 heteroatoms. The summed E-state index contributed by atoms with van der Waals surface area (Å²) in [5.74, 6) is -0.652. The summed E-state index contributed by atoms with van der Waals surface area (Å²) in [6.07, 6.45) is -0.786. The Kier molecular flexibility index (Phi) is 4.87. The number of benzene rings is 3. The maximum absolute atomic E-state index is 13.6. The van der Waals surface area contributed by atoms with Gasteiger partial charge in [0.2, 0.25) is 0 Å². The van der Waals surface area contributed by atoms with Crippen LogP contribution < -0.4 is 5.32 Å². The number of halogens is 1. The Labute approximate surface area is 160 Å². The van der Waals surface area contributed by atoms with Gasteiger partial charge in [0.05, 0.1) is 11.6 Å². The number of nitrogens with zero attached hydrogens (tertiary/aromatic N) is 1. The molecule has 3 aromatic carbocycles. The van der Waals surface area contributed by atoms with Gasteiger partial charge in [-0.2, -0.15) is 5.10 Å². The molecule has 0 bridgehead atoms. The molecular formula is C22H18FN3O2. The standard InChI is InChI=1S/C22H18FN3O2/c23-17-8-4-7-15(11-17)21-18-12-16(9-10-19(18)25-26-21)22(28)24-13-20(27)14-5-2-1-3-6-14/h1-12,20,27H,13H2,(H,24,28)(H,25,26). The van der Waals surface area contributed by atoms with E-state index in [-0.39, 0.29) is 18.3 Å². The molecule has 1 aromatic heterocycles. The first-order valence-corrected chi connectivity index (χ1v) is 8.87. The second-order valence-electron chi connectivity index (χ2n) is 6.48. The Bertz CT molecular complexity index is 1130. The number of carbonyl (C=O) groups excluding carboxylic acids is 1. The number of rotatable bonds is 5. The van der Waals surface area contributed by atoms with Gasteiger partial charge in [-0.1, -0.05) is 42.5 Å². The number of carbonyl (C=O) groups is 1. The van der Waals surface area contributed by atoms with Crippen LogP contribution in [0.2, 0.25) is 0 Å². The zero-order valence-electron chi connectivity index (χ0n) is 14.9. The topological polar surface area (TPSA) is 78.0 Å². The number of hydrogen-bond donors (Lipinski definition) is 3. The molecule has 1 heterocycles. The monoisotopic (exact) mass is 375 g/mol. The average Bonchev–Trinajstić information content (AvgIpc) is 3.15. The maximum Gasteiger partial charge on any atom is 0.251 e. The number of aromatic nitrogens is 2. The Morgan fingerprint density at radius 3 is 2.68 bits per heavy atom. The van der Waals surface area contributed by atoms with Crippen LogP contribution in [0.5, 0.6) is 0 Å². The highest BCUT2D eigenvalue weighted by molar-refractivity contribution is 6.01. The van der Waals surface area contributed by atoms with Crippen LogP contribution in [0, 0.1) is 5.82 Å². The minimum Gasteiger partial charge on any atom is -0.387 e. The fourth-order valence-corrected chi connectivity index (χ4v) is 3.10. The van der Waals surface area contributed by atoms with Gasteiger partial charge >= 0.3 is 0 Å². The van der Waals surface area contributed by atoms with Crippen LogP contribution >= 0.6 is 0 Å². The molecule has 0 aliphatic heterocycles. The highest BCUT2D eigenvalue weighted by Crippen LogP contribution is 2.27. The minimum atomic E-state index is -0.786. The van der Waals surface area contributed by atoms with Crippen molar-refractivity contribution in [2.75, 3.05) is 6.54 Å². The van der Waals surface area contributed by atoms with E-state index in [9.17, 15) is 14.3 Å². The third-order valence-electron chi connectivity index (χ3n) is 4.56. The van der Waals surface area contributed by atoms with Gasteiger partial charge in [0.25, 0.3) is 5.91 Å². The lowest BCUT2D eigenvalue weighted by atomic mass is 10.0. The van der Waals surface area contributed by atoms with Gasteiger partial charge < -0.3 is 10.4 Å². The number of aliphatic hydroxyl groups excluding tert-OH is 1. The predicted octanol–water partition coefficient (Wildman–Crippen LogP) is 3.83. The van der Waals surface area contributed by atoms with E-state index < -0.39 is 6.10 Å². The molecule has 140 valence electrons. The summed E-state index contributed by atoms with van der Waals surface area (Å²) < 4.78 is 13.6. The Hall–Kier alpha value is -3.51. The Morgan fingerprint density at radius 1 is 1.07 bits per heavy atom. The molecular weight excluding hydrogens is 357 g/mol. The lowest BCUT2D eigenvalue weighted by Gasteiger charge is -2.12. The van der Waals surface area contributed by atoms with Crippen molar-refractivity contribution < 1.29 is 14.3 Å². The van der Waals surface area contributed by atoms with E-state index in [2.05, 4.69) is 15.5 Å². The van der Waals surface area contributed by atoms with Crippen molar-refractivity contribution in [3.63, 3.8) is 0 Å². The highest BCUT2D eigenvalue weighted by Gasteiger charge is 2.14. The van der Waals surface area contributed by atoms with E-state index in [0.717, 1.165) is 16.5 Å². The Morgan fingerprint density at radius 2 is 1.89 bits per heavy atom. The molecule has 0 saturated heterocycles. The van der Waals surface area contributed by atoms with Gasteiger partial charge in [-0.15, -0.1) is 0 Å². The number of H-pyrrole nitrogens is 1. The second kappa shape index (κ2) is 7.62. The molecule has 3 N–H and O–H groups in total. The van der Waals surface area contributed by atoms with Crippen LogP contribution in [0.3, 0.4) is 0 Å². The average molecular weight is 375 g/mol. The first-order chi connectivity index (χ1) is 13.6. The zero-order valence-corrected chi connectivity index (χ0v) is 14.9. The molecule has 1 atom stereocenters. The number of aliphatic hydroxyl groups is 1. The summed E-state index contributed by atoms with van der Waals surface area (Å²) in [5.41, 5.74) is 3.13. The third kappa shape index (κ3) is 3.63. The number of nitrogens with one attached hydrogen (secondary N) is 2. The molecule has 0 saturated carbocycles. The van der Waals surface area contributed by atoms with Crippen molar-refractivity contribution in [2.45, 2.75) is 6.10 Å². The molecule has 0 aliphatic rings. The van der Waals surface area contributed by atoms with E-state index >= 15 is 0 Å². The van der Waals surface area contributed by atoms with Gasteiger partial charge in [-0.3, -0.25) is 9.89 Å². The fourth-order valence-electron chi connectivity index (χ4n) is 3.10. The summed E-state index contributed by atoms with van der Waals surface area (Å²) in [6.45, 7) is 0.100. The van der Waals surface area contributed by atoms with E-state index in [1.165, 1.54) is 12.1 Å². The van der Waals surface area contributed by atoms with Gasteiger partial charge in [-0.25, -0.2) is 4.39 Å². The molecule has 28 heavy (non-hydrogen) atoms. The van der Waals surface area contributed by atoms with Gasteiger partial charge in [0, 0.05) is 23.1 Å². The maximum atomic E-state index is 13.6. The lowest BCUT2D eigenvalue weighted by molar-refractivity contribution is 0.0916. The minimum absolute atomic E-state index is 0.100.